The van der Waals surface area contributed by atoms with Gasteiger partial charge in [-0.25, -0.2) is 0 Å². The van der Waals surface area contributed by atoms with Crippen molar-refractivity contribution in [2.24, 2.45) is 0 Å². The molecule has 0 atom stereocenters. The van der Waals surface area contributed by atoms with Gasteiger partial charge in [-0.2, -0.15) is 5.26 Å². The Labute approximate surface area is 101 Å². The van der Waals surface area contributed by atoms with Gasteiger partial charge in [-0.1, -0.05) is 30.3 Å². The zero-order chi connectivity index (χ0) is 12.8. The zero-order valence-corrected chi connectivity index (χ0v) is 10.0. The van der Waals surface area contributed by atoms with Gasteiger partial charge in [-0.15, -0.1) is 0 Å². The van der Waals surface area contributed by atoms with Crippen LogP contribution >= 0.6 is 0 Å². The number of amides is 1. The highest BCUT2D eigenvalue weighted by molar-refractivity contribution is 5.79. The van der Waals surface area contributed by atoms with Crippen molar-refractivity contribution in [3.63, 3.8) is 0 Å². The Morgan fingerprint density at radius 3 is 2.71 bits per heavy atom. The van der Waals surface area contributed by atoms with Crippen LogP contribution in [0, 0.1) is 25.2 Å². The van der Waals surface area contributed by atoms with Crippen molar-refractivity contribution in [1.29, 1.82) is 5.26 Å². The third kappa shape index (κ3) is 3.65. The summed E-state index contributed by atoms with van der Waals surface area (Å²) in [6.45, 7) is 7.83. The summed E-state index contributed by atoms with van der Waals surface area (Å²) in [6, 6.07) is 7.73. The number of rotatable bonds is 4. The molecule has 0 aliphatic heterocycles. The van der Waals surface area contributed by atoms with E-state index in [4.69, 9.17) is 5.26 Å². The maximum atomic E-state index is 11.1. The highest BCUT2D eigenvalue weighted by Crippen LogP contribution is 2.15. The van der Waals surface area contributed by atoms with Crippen molar-refractivity contribution >= 4 is 11.6 Å². The van der Waals surface area contributed by atoms with Crippen molar-refractivity contribution in [1.82, 2.24) is 10.9 Å². The molecule has 17 heavy (non-hydrogen) atoms. The van der Waals surface area contributed by atoms with E-state index in [2.05, 4.69) is 17.4 Å². The van der Waals surface area contributed by atoms with Gasteiger partial charge in [0.1, 0.15) is 6.42 Å². The lowest BCUT2D eigenvalue weighted by atomic mass is 10.0. The van der Waals surface area contributed by atoms with Crippen LogP contribution in [0.3, 0.4) is 0 Å². The summed E-state index contributed by atoms with van der Waals surface area (Å²) in [5.74, 6) is -0.376. The van der Waals surface area contributed by atoms with Crippen LogP contribution in [0.1, 0.15) is 23.1 Å². The second-order valence-electron chi connectivity index (χ2n) is 3.80. The van der Waals surface area contributed by atoms with Gasteiger partial charge in [0, 0.05) is 5.56 Å². The van der Waals surface area contributed by atoms with Crippen molar-refractivity contribution in [2.45, 2.75) is 20.3 Å². The Morgan fingerprint density at radius 1 is 1.41 bits per heavy atom. The van der Waals surface area contributed by atoms with Gasteiger partial charge in [-0.05, 0) is 19.4 Å². The van der Waals surface area contributed by atoms with Crippen LogP contribution < -0.4 is 10.9 Å². The Bertz CT molecular complexity index is 486. The van der Waals surface area contributed by atoms with Gasteiger partial charge < -0.3 is 0 Å². The third-order valence-electron chi connectivity index (χ3n) is 2.30. The van der Waals surface area contributed by atoms with Crippen molar-refractivity contribution in [2.75, 3.05) is 0 Å². The summed E-state index contributed by atoms with van der Waals surface area (Å²) < 4.78 is 0. The number of nitriles is 1. The molecule has 4 heteroatoms. The average Bonchev–Trinajstić information content (AvgIpc) is 2.26. The van der Waals surface area contributed by atoms with Crippen LogP contribution in [0.4, 0.5) is 0 Å². The maximum absolute atomic E-state index is 11.1. The van der Waals surface area contributed by atoms with Crippen LogP contribution in [0.2, 0.25) is 0 Å². The number of aryl methyl sites for hydroxylation is 2. The van der Waals surface area contributed by atoms with Gasteiger partial charge in [0.2, 0.25) is 0 Å². The lowest BCUT2D eigenvalue weighted by molar-refractivity contribution is -0.120. The zero-order valence-electron chi connectivity index (χ0n) is 10.0. The van der Waals surface area contributed by atoms with Crippen LogP contribution in [-0.2, 0) is 4.79 Å². The molecule has 4 nitrogen and oxygen atoms in total. The first kappa shape index (κ1) is 12.8. The van der Waals surface area contributed by atoms with Gasteiger partial charge in [0.05, 0.1) is 11.8 Å². The Morgan fingerprint density at radius 2 is 2.12 bits per heavy atom. The van der Waals surface area contributed by atoms with Gasteiger partial charge >= 0.3 is 0 Å². The maximum Gasteiger partial charge on any atom is 0.252 e. The second kappa shape index (κ2) is 5.71. The molecular weight excluding hydrogens is 214 g/mol. The third-order valence-corrected chi connectivity index (χ3v) is 2.30. The minimum absolute atomic E-state index is 0.173. The first-order valence-electron chi connectivity index (χ1n) is 5.23. The lowest BCUT2D eigenvalue weighted by Gasteiger charge is -2.12. The molecule has 0 bridgehead atoms. The van der Waals surface area contributed by atoms with E-state index >= 15 is 0 Å². The topological polar surface area (TPSA) is 64.9 Å². The second-order valence-corrected chi connectivity index (χ2v) is 3.80. The fraction of sp³-hybridized carbons (Fsp3) is 0.231. The summed E-state index contributed by atoms with van der Waals surface area (Å²) in [4.78, 5) is 11.1. The molecule has 0 unspecified atom stereocenters. The van der Waals surface area contributed by atoms with E-state index in [0.717, 1.165) is 11.1 Å². The lowest BCUT2D eigenvalue weighted by Crippen LogP contribution is -2.35. The molecule has 0 heterocycles. The van der Waals surface area contributed by atoms with Gasteiger partial charge in [0.25, 0.3) is 5.91 Å². The molecule has 0 saturated heterocycles. The van der Waals surface area contributed by atoms with E-state index in [0.29, 0.717) is 5.70 Å². The molecule has 1 amide bonds. The van der Waals surface area contributed by atoms with E-state index in [1.165, 1.54) is 5.56 Å². The first-order chi connectivity index (χ1) is 8.04. The largest absolute Gasteiger partial charge is 0.299 e. The minimum atomic E-state index is -0.376. The number of carbonyl (C=O) groups excluding carboxylic acids is 1. The van der Waals surface area contributed by atoms with Crippen LogP contribution in [0.25, 0.3) is 5.70 Å². The molecule has 0 fully saturated rings. The average molecular weight is 229 g/mol. The number of hydrazine groups is 1. The van der Waals surface area contributed by atoms with Crippen LogP contribution in [0.5, 0.6) is 0 Å². The molecule has 0 spiro atoms. The number of nitrogens with one attached hydrogen (secondary N) is 2. The fourth-order valence-corrected chi connectivity index (χ4v) is 1.48. The standard InChI is InChI=1S/C13H15N3O/c1-9-4-5-12(10(2)8-9)11(3)15-16-13(17)6-7-14/h4-5,8,15H,3,6H2,1-2H3,(H,16,17). The predicted octanol–water partition coefficient (Wildman–Crippen LogP) is 1.81. The van der Waals surface area contributed by atoms with Crippen molar-refractivity contribution in [3.05, 3.63) is 41.5 Å². The summed E-state index contributed by atoms with van der Waals surface area (Å²) in [7, 11) is 0. The van der Waals surface area contributed by atoms with Crippen molar-refractivity contribution < 1.29 is 4.79 Å². The number of hydrogen-bond donors (Lipinski definition) is 2. The molecule has 1 rings (SSSR count). The van der Waals surface area contributed by atoms with Gasteiger partial charge in [-0.3, -0.25) is 15.6 Å². The summed E-state index contributed by atoms with van der Waals surface area (Å²) >= 11 is 0. The normalized spacial score (nSPS) is 9.24. The smallest absolute Gasteiger partial charge is 0.252 e. The molecule has 1 aromatic carbocycles. The van der Waals surface area contributed by atoms with E-state index < -0.39 is 0 Å². The summed E-state index contributed by atoms with van der Waals surface area (Å²) in [5.41, 5.74) is 8.91. The number of hydrogen-bond acceptors (Lipinski definition) is 3. The highest BCUT2D eigenvalue weighted by Gasteiger charge is 2.04. The van der Waals surface area contributed by atoms with Crippen LogP contribution in [-0.4, -0.2) is 5.91 Å². The Balaban J connectivity index is 2.65. The first-order valence-corrected chi connectivity index (χ1v) is 5.23. The number of benzene rings is 1. The molecule has 1 aromatic rings. The molecule has 0 radical (unpaired) electrons. The summed E-state index contributed by atoms with van der Waals surface area (Å²) in [6.07, 6.45) is -0.173. The molecule has 0 saturated carbocycles. The molecule has 88 valence electrons. The minimum Gasteiger partial charge on any atom is -0.299 e. The Kier molecular flexibility index (Phi) is 4.29. The summed E-state index contributed by atoms with van der Waals surface area (Å²) in [5, 5.41) is 8.33. The number of carbonyl (C=O) groups is 1. The molecule has 0 aromatic heterocycles. The van der Waals surface area contributed by atoms with E-state index in [-0.39, 0.29) is 12.3 Å². The predicted molar refractivity (Wildman–Crippen MR) is 66.5 cm³/mol. The van der Waals surface area contributed by atoms with Gasteiger partial charge in [0.15, 0.2) is 0 Å². The highest BCUT2D eigenvalue weighted by atomic mass is 16.2. The quantitative estimate of drug-likeness (QED) is 0.774. The number of nitrogens with zero attached hydrogens (tertiary/aromatic N) is 1. The Hall–Kier alpha value is -2.28. The van der Waals surface area contributed by atoms with E-state index in [1.807, 2.05) is 32.0 Å². The van der Waals surface area contributed by atoms with E-state index in [1.54, 1.807) is 6.07 Å². The monoisotopic (exact) mass is 229 g/mol. The molecular formula is C13H15N3O. The molecule has 0 aliphatic rings. The van der Waals surface area contributed by atoms with E-state index in [9.17, 15) is 4.79 Å². The molecule has 0 aliphatic carbocycles. The SMILES string of the molecule is C=C(NNC(=O)CC#N)c1ccc(C)cc1C. The molecule has 2 N–H and O–H groups in total. The van der Waals surface area contributed by atoms with Crippen LogP contribution in [0.15, 0.2) is 24.8 Å². The fourth-order valence-electron chi connectivity index (χ4n) is 1.48. The van der Waals surface area contributed by atoms with Crippen molar-refractivity contribution in [3.8, 4) is 6.07 Å².